The standard InChI is InChI=1S/C16H23N5O2S/c1-4-17-16-19-9(2)14(24-16)15(23)20-13(10-5-12(22)6-10)11-7-18-21(3)8-11/h7-8,10,12-13,22H,4-6H2,1-3H3,(H,17,19)(H,20,23). The molecule has 3 N–H and O–H groups in total. The minimum Gasteiger partial charge on any atom is -0.393 e. The van der Waals surface area contributed by atoms with Crippen LogP contribution in [0.25, 0.3) is 0 Å². The number of thiazole rings is 1. The van der Waals surface area contributed by atoms with Gasteiger partial charge in [0.05, 0.1) is 24.0 Å². The summed E-state index contributed by atoms with van der Waals surface area (Å²) in [6.07, 6.45) is 4.82. The van der Waals surface area contributed by atoms with Gasteiger partial charge in [0.25, 0.3) is 5.91 Å². The molecule has 130 valence electrons. The van der Waals surface area contributed by atoms with E-state index in [9.17, 15) is 9.90 Å². The highest BCUT2D eigenvalue weighted by Crippen LogP contribution is 2.38. The first-order chi connectivity index (χ1) is 11.5. The van der Waals surface area contributed by atoms with Crippen molar-refractivity contribution in [1.82, 2.24) is 20.1 Å². The Morgan fingerprint density at radius 1 is 1.54 bits per heavy atom. The SMILES string of the molecule is CCNc1nc(C)c(C(=O)NC(c2cnn(C)c2)C2CC(O)C2)s1. The van der Waals surface area contributed by atoms with E-state index in [1.54, 1.807) is 10.9 Å². The number of hydrogen-bond donors (Lipinski definition) is 3. The quantitative estimate of drug-likeness (QED) is 0.740. The maximum atomic E-state index is 12.7. The number of nitrogens with zero attached hydrogens (tertiary/aromatic N) is 3. The molecule has 0 saturated heterocycles. The number of aryl methyl sites for hydroxylation is 2. The first-order valence-corrected chi connectivity index (χ1v) is 8.98. The minimum atomic E-state index is -0.267. The number of carbonyl (C=O) groups excluding carboxylic acids is 1. The van der Waals surface area contributed by atoms with Crippen molar-refractivity contribution in [1.29, 1.82) is 0 Å². The molecule has 2 aromatic heterocycles. The number of rotatable bonds is 6. The van der Waals surface area contributed by atoms with Crippen molar-refractivity contribution in [2.75, 3.05) is 11.9 Å². The summed E-state index contributed by atoms with van der Waals surface area (Å²) in [6, 6.07) is -0.140. The summed E-state index contributed by atoms with van der Waals surface area (Å²) in [5, 5.41) is 20.9. The first-order valence-electron chi connectivity index (χ1n) is 8.16. The second-order valence-corrected chi connectivity index (χ2v) is 7.25. The lowest BCUT2D eigenvalue weighted by Gasteiger charge is -2.37. The number of anilines is 1. The second kappa shape index (κ2) is 6.90. The Balaban J connectivity index is 1.78. The monoisotopic (exact) mass is 349 g/mol. The Hall–Kier alpha value is -1.93. The van der Waals surface area contributed by atoms with Gasteiger partial charge in [0.1, 0.15) is 4.88 Å². The van der Waals surface area contributed by atoms with E-state index in [-0.39, 0.29) is 24.0 Å². The largest absolute Gasteiger partial charge is 0.393 e. The molecule has 3 rings (SSSR count). The summed E-state index contributed by atoms with van der Waals surface area (Å²) in [5.74, 6) is 0.110. The molecule has 1 saturated carbocycles. The Morgan fingerprint density at radius 2 is 2.29 bits per heavy atom. The lowest BCUT2D eigenvalue weighted by Crippen LogP contribution is -2.41. The summed E-state index contributed by atoms with van der Waals surface area (Å²) in [7, 11) is 1.86. The molecular weight excluding hydrogens is 326 g/mol. The molecule has 1 aliphatic rings. The highest BCUT2D eigenvalue weighted by molar-refractivity contribution is 7.17. The lowest BCUT2D eigenvalue weighted by molar-refractivity contribution is 0.0235. The summed E-state index contributed by atoms with van der Waals surface area (Å²) in [5.41, 5.74) is 1.70. The topological polar surface area (TPSA) is 92.1 Å². The maximum absolute atomic E-state index is 12.7. The van der Waals surface area contributed by atoms with Crippen LogP contribution in [0.5, 0.6) is 0 Å². The minimum absolute atomic E-state index is 0.121. The van der Waals surface area contributed by atoms with Crippen LogP contribution >= 0.6 is 11.3 Å². The van der Waals surface area contributed by atoms with Crippen molar-refractivity contribution in [3.8, 4) is 0 Å². The lowest BCUT2D eigenvalue weighted by atomic mass is 9.75. The molecule has 0 aromatic carbocycles. The second-order valence-electron chi connectivity index (χ2n) is 6.25. The number of aliphatic hydroxyl groups excluding tert-OH is 1. The van der Waals surface area contributed by atoms with E-state index in [2.05, 4.69) is 20.7 Å². The molecule has 2 heterocycles. The number of hydrogen-bond acceptors (Lipinski definition) is 6. The van der Waals surface area contributed by atoms with Crippen LogP contribution in [0.4, 0.5) is 5.13 Å². The van der Waals surface area contributed by atoms with Crippen molar-refractivity contribution in [3.63, 3.8) is 0 Å². The maximum Gasteiger partial charge on any atom is 0.263 e. The van der Waals surface area contributed by atoms with Crippen LogP contribution in [-0.4, -0.2) is 38.4 Å². The molecule has 1 unspecified atom stereocenters. The van der Waals surface area contributed by atoms with Crippen LogP contribution in [0.3, 0.4) is 0 Å². The third-order valence-electron chi connectivity index (χ3n) is 4.32. The van der Waals surface area contributed by atoms with Crippen LogP contribution < -0.4 is 10.6 Å². The summed E-state index contributed by atoms with van der Waals surface area (Å²) in [6.45, 7) is 4.61. The van der Waals surface area contributed by atoms with E-state index in [0.29, 0.717) is 17.7 Å². The molecule has 0 bridgehead atoms. The van der Waals surface area contributed by atoms with Crippen LogP contribution in [-0.2, 0) is 7.05 Å². The van der Waals surface area contributed by atoms with Gasteiger partial charge in [0.15, 0.2) is 5.13 Å². The van der Waals surface area contributed by atoms with Gasteiger partial charge < -0.3 is 15.7 Å². The molecule has 2 aromatic rings. The number of amides is 1. The fourth-order valence-corrected chi connectivity index (χ4v) is 3.95. The van der Waals surface area contributed by atoms with Crippen molar-refractivity contribution < 1.29 is 9.90 Å². The Kier molecular flexibility index (Phi) is 4.86. The molecule has 7 nitrogen and oxygen atoms in total. The normalized spacial score (nSPS) is 21.2. The summed E-state index contributed by atoms with van der Waals surface area (Å²) >= 11 is 1.37. The van der Waals surface area contributed by atoms with Gasteiger partial charge in [0, 0.05) is 25.4 Å². The van der Waals surface area contributed by atoms with Gasteiger partial charge in [0.2, 0.25) is 0 Å². The fourth-order valence-electron chi connectivity index (χ4n) is 3.02. The van der Waals surface area contributed by atoms with Crippen LogP contribution in [0.1, 0.15) is 46.7 Å². The van der Waals surface area contributed by atoms with Gasteiger partial charge in [-0.15, -0.1) is 0 Å². The molecule has 1 fully saturated rings. The van der Waals surface area contributed by atoms with Gasteiger partial charge in [-0.05, 0) is 32.6 Å². The van der Waals surface area contributed by atoms with Crippen LogP contribution in [0.2, 0.25) is 0 Å². The van der Waals surface area contributed by atoms with Crippen molar-refractivity contribution in [2.45, 2.75) is 38.8 Å². The Morgan fingerprint density at radius 3 is 2.88 bits per heavy atom. The van der Waals surface area contributed by atoms with Gasteiger partial charge >= 0.3 is 0 Å². The Bertz CT molecular complexity index is 720. The Labute approximate surface area is 145 Å². The molecule has 0 spiro atoms. The van der Waals surface area contributed by atoms with E-state index < -0.39 is 0 Å². The van der Waals surface area contributed by atoms with E-state index in [1.807, 2.05) is 27.1 Å². The fraction of sp³-hybridized carbons (Fsp3) is 0.562. The zero-order chi connectivity index (χ0) is 17.3. The molecular formula is C16H23N5O2S. The average Bonchev–Trinajstić information content (AvgIpc) is 3.08. The molecule has 0 radical (unpaired) electrons. The molecule has 24 heavy (non-hydrogen) atoms. The highest BCUT2D eigenvalue weighted by Gasteiger charge is 2.36. The highest BCUT2D eigenvalue weighted by atomic mass is 32.1. The average molecular weight is 349 g/mol. The molecule has 1 aliphatic carbocycles. The molecule has 0 aliphatic heterocycles. The zero-order valence-corrected chi connectivity index (χ0v) is 14.9. The van der Waals surface area contributed by atoms with Crippen molar-refractivity contribution in [3.05, 3.63) is 28.5 Å². The summed E-state index contributed by atoms with van der Waals surface area (Å²) < 4.78 is 1.73. The predicted molar refractivity (Wildman–Crippen MR) is 93.2 cm³/mol. The van der Waals surface area contributed by atoms with Gasteiger partial charge in [-0.1, -0.05) is 11.3 Å². The molecule has 8 heteroatoms. The van der Waals surface area contributed by atoms with E-state index >= 15 is 0 Å². The van der Waals surface area contributed by atoms with E-state index in [4.69, 9.17) is 0 Å². The van der Waals surface area contributed by atoms with E-state index in [1.165, 1.54) is 11.3 Å². The van der Waals surface area contributed by atoms with Crippen LogP contribution in [0.15, 0.2) is 12.4 Å². The van der Waals surface area contributed by atoms with Crippen LogP contribution in [0, 0.1) is 12.8 Å². The number of carbonyl (C=O) groups is 1. The van der Waals surface area contributed by atoms with E-state index in [0.717, 1.165) is 22.9 Å². The number of aromatic nitrogens is 3. The predicted octanol–water partition coefficient (Wildman–Crippen LogP) is 1.86. The van der Waals surface area contributed by atoms with Gasteiger partial charge in [-0.3, -0.25) is 9.48 Å². The van der Waals surface area contributed by atoms with Crippen molar-refractivity contribution in [2.24, 2.45) is 13.0 Å². The van der Waals surface area contributed by atoms with Crippen molar-refractivity contribution >= 4 is 22.4 Å². The summed E-state index contributed by atoms with van der Waals surface area (Å²) in [4.78, 5) is 17.8. The first kappa shape index (κ1) is 16.9. The van der Waals surface area contributed by atoms with Gasteiger partial charge in [-0.25, -0.2) is 4.98 Å². The molecule has 1 atom stereocenters. The smallest absolute Gasteiger partial charge is 0.263 e. The third-order valence-corrected chi connectivity index (χ3v) is 5.44. The molecule has 1 amide bonds. The number of nitrogens with one attached hydrogen (secondary N) is 2. The number of aliphatic hydroxyl groups is 1. The zero-order valence-electron chi connectivity index (χ0n) is 14.1. The van der Waals surface area contributed by atoms with Gasteiger partial charge in [-0.2, -0.15) is 5.10 Å². The third kappa shape index (κ3) is 3.44.